The summed E-state index contributed by atoms with van der Waals surface area (Å²) in [7, 11) is 3.28. The van der Waals surface area contributed by atoms with Crippen molar-refractivity contribution in [3.8, 4) is 11.5 Å². The predicted molar refractivity (Wildman–Crippen MR) is 147 cm³/mol. The molecule has 1 unspecified atom stereocenters. The molecule has 1 amide bonds. The lowest BCUT2D eigenvalue weighted by Crippen LogP contribution is -2.30. The van der Waals surface area contributed by atoms with Gasteiger partial charge in [0.1, 0.15) is 11.5 Å². The topological polar surface area (TPSA) is 63.3 Å². The summed E-state index contributed by atoms with van der Waals surface area (Å²) in [4.78, 5) is 17.1. The van der Waals surface area contributed by atoms with E-state index in [1.165, 1.54) is 0 Å². The molecular formula is C32H30N2O3. The molecule has 0 aliphatic rings. The molecule has 5 nitrogen and oxygen atoms in total. The third-order valence-electron chi connectivity index (χ3n) is 6.77. The van der Waals surface area contributed by atoms with E-state index in [2.05, 4.69) is 16.4 Å². The SMILES string of the molecule is COc1ccc(C(CC(=O)NC(c2ccccc2)c2ccccc2)c2c[nH]c3ccccc23)c(OC)c1. The molecule has 37 heavy (non-hydrogen) atoms. The van der Waals surface area contributed by atoms with Crippen molar-refractivity contribution >= 4 is 16.8 Å². The van der Waals surface area contributed by atoms with Gasteiger partial charge in [-0.25, -0.2) is 0 Å². The Bertz CT molecular complexity index is 1440. The van der Waals surface area contributed by atoms with E-state index in [1.54, 1.807) is 14.2 Å². The zero-order chi connectivity index (χ0) is 25.6. The third kappa shape index (κ3) is 5.21. The van der Waals surface area contributed by atoms with Crippen molar-refractivity contribution in [1.82, 2.24) is 10.3 Å². The number of benzene rings is 4. The number of hydrogen-bond donors (Lipinski definition) is 2. The second kappa shape index (κ2) is 11.0. The van der Waals surface area contributed by atoms with Crippen molar-refractivity contribution in [2.24, 2.45) is 0 Å². The van der Waals surface area contributed by atoms with Crippen LogP contribution in [0.25, 0.3) is 10.9 Å². The van der Waals surface area contributed by atoms with Crippen molar-refractivity contribution in [1.29, 1.82) is 0 Å². The number of aromatic nitrogens is 1. The standard InChI is InChI=1S/C32H30N2O3/c1-36-24-17-18-26(30(19-24)37-2)27(28-21-33-29-16-10-9-15-25(28)29)20-31(35)34-32(22-11-5-3-6-12-22)23-13-7-4-8-14-23/h3-19,21,27,32-33H,20H2,1-2H3,(H,34,35). The van der Waals surface area contributed by atoms with E-state index < -0.39 is 0 Å². The van der Waals surface area contributed by atoms with E-state index >= 15 is 0 Å². The number of carbonyl (C=O) groups excluding carboxylic acids is 1. The van der Waals surface area contributed by atoms with Crippen LogP contribution in [-0.2, 0) is 4.79 Å². The third-order valence-corrected chi connectivity index (χ3v) is 6.77. The summed E-state index contributed by atoms with van der Waals surface area (Å²) in [6.07, 6.45) is 2.25. The van der Waals surface area contributed by atoms with Crippen molar-refractivity contribution in [2.45, 2.75) is 18.4 Å². The molecule has 0 radical (unpaired) electrons. The smallest absolute Gasteiger partial charge is 0.221 e. The van der Waals surface area contributed by atoms with Gasteiger partial charge in [-0.1, -0.05) is 84.9 Å². The lowest BCUT2D eigenvalue weighted by atomic mass is 9.87. The summed E-state index contributed by atoms with van der Waals surface area (Å²) in [5.74, 6) is 1.11. The van der Waals surface area contributed by atoms with Crippen LogP contribution < -0.4 is 14.8 Å². The largest absolute Gasteiger partial charge is 0.497 e. The Kier molecular flexibility index (Phi) is 7.22. The molecule has 5 rings (SSSR count). The second-order valence-electron chi connectivity index (χ2n) is 8.98. The first kappa shape index (κ1) is 24.2. The Balaban J connectivity index is 1.53. The highest BCUT2D eigenvalue weighted by Gasteiger charge is 2.26. The van der Waals surface area contributed by atoms with Gasteiger partial charge in [0.2, 0.25) is 5.91 Å². The molecule has 2 N–H and O–H groups in total. The van der Waals surface area contributed by atoms with E-state index in [0.717, 1.165) is 33.2 Å². The molecule has 0 bridgehead atoms. The summed E-state index contributed by atoms with van der Waals surface area (Å²) >= 11 is 0. The second-order valence-corrected chi connectivity index (χ2v) is 8.98. The van der Waals surface area contributed by atoms with E-state index in [4.69, 9.17) is 9.47 Å². The van der Waals surface area contributed by atoms with Gasteiger partial charge < -0.3 is 19.8 Å². The molecule has 1 heterocycles. The number of nitrogens with one attached hydrogen (secondary N) is 2. The number of H-pyrrole nitrogens is 1. The lowest BCUT2D eigenvalue weighted by molar-refractivity contribution is -0.121. The summed E-state index contributed by atoms with van der Waals surface area (Å²) in [6.45, 7) is 0. The quantitative estimate of drug-likeness (QED) is 0.244. The van der Waals surface area contributed by atoms with Gasteiger partial charge in [-0.15, -0.1) is 0 Å². The number of amides is 1. The van der Waals surface area contributed by atoms with Gasteiger partial charge in [0.25, 0.3) is 0 Å². The first-order valence-corrected chi connectivity index (χ1v) is 12.3. The van der Waals surface area contributed by atoms with Gasteiger partial charge in [0.15, 0.2) is 0 Å². The fraction of sp³-hybridized carbons (Fsp3) is 0.156. The molecule has 0 saturated carbocycles. The van der Waals surface area contributed by atoms with Gasteiger partial charge in [-0.3, -0.25) is 4.79 Å². The van der Waals surface area contributed by atoms with Crippen molar-refractivity contribution < 1.29 is 14.3 Å². The van der Waals surface area contributed by atoms with E-state index in [9.17, 15) is 4.79 Å². The lowest BCUT2D eigenvalue weighted by Gasteiger charge is -2.24. The fourth-order valence-electron chi connectivity index (χ4n) is 4.93. The molecule has 186 valence electrons. The van der Waals surface area contributed by atoms with Crippen LogP contribution in [0.1, 0.15) is 40.6 Å². The number of fused-ring (bicyclic) bond motifs is 1. The number of carbonyl (C=O) groups is 1. The van der Waals surface area contributed by atoms with E-state index in [0.29, 0.717) is 11.5 Å². The average Bonchev–Trinajstić information content (AvgIpc) is 3.39. The number of rotatable bonds is 9. The number of hydrogen-bond acceptors (Lipinski definition) is 3. The molecule has 1 aromatic heterocycles. The van der Waals surface area contributed by atoms with Crippen LogP contribution in [0.3, 0.4) is 0 Å². The average molecular weight is 491 g/mol. The molecule has 0 saturated heterocycles. The molecule has 0 fully saturated rings. The first-order valence-electron chi connectivity index (χ1n) is 12.3. The highest BCUT2D eigenvalue weighted by Crippen LogP contribution is 2.39. The van der Waals surface area contributed by atoms with Crippen molar-refractivity contribution in [3.63, 3.8) is 0 Å². The number of methoxy groups -OCH3 is 2. The summed E-state index contributed by atoms with van der Waals surface area (Å²) in [5.41, 5.74) is 5.08. The number of ether oxygens (including phenoxy) is 2. The molecule has 0 spiro atoms. The van der Waals surface area contributed by atoms with Crippen LogP contribution >= 0.6 is 0 Å². The maximum atomic E-state index is 13.8. The van der Waals surface area contributed by atoms with Crippen LogP contribution in [0, 0.1) is 0 Å². The van der Waals surface area contributed by atoms with Gasteiger partial charge >= 0.3 is 0 Å². The molecule has 4 aromatic carbocycles. The Morgan fingerprint density at radius 3 is 2.08 bits per heavy atom. The predicted octanol–water partition coefficient (Wildman–Crippen LogP) is 6.61. The fourth-order valence-corrected chi connectivity index (χ4v) is 4.93. The highest BCUT2D eigenvalue weighted by atomic mass is 16.5. The minimum Gasteiger partial charge on any atom is -0.497 e. The molecule has 0 aliphatic carbocycles. The molecular weight excluding hydrogens is 460 g/mol. The maximum Gasteiger partial charge on any atom is 0.221 e. The molecule has 5 heteroatoms. The Morgan fingerprint density at radius 2 is 1.43 bits per heavy atom. The summed E-state index contributed by atoms with van der Waals surface area (Å²) in [5, 5.41) is 4.39. The Morgan fingerprint density at radius 1 is 0.784 bits per heavy atom. The minimum absolute atomic E-state index is 0.0501. The van der Waals surface area contributed by atoms with Gasteiger partial charge in [-0.05, 0) is 28.8 Å². The van der Waals surface area contributed by atoms with Gasteiger partial charge in [0, 0.05) is 41.1 Å². The van der Waals surface area contributed by atoms with Crippen LogP contribution in [0.4, 0.5) is 0 Å². The zero-order valence-electron chi connectivity index (χ0n) is 21.0. The minimum atomic E-state index is -0.253. The van der Waals surface area contributed by atoms with Crippen LogP contribution in [0.5, 0.6) is 11.5 Å². The van der Waals surface area contributed by atoms with Gasteiger partial charge in [0.05, 0.1) is 20.3 Å². The Labute approximate surface area is 217 Å². The summed E-state index contributed by atoms with van der Waals surface area (Å²) < 4.78 is 11.2. The monoisotopic (exact) mass is 490 g/mol. The molecule has 1 atom stereocenters. The first-order chi connectivity index (χ1) is 18.2. The van der Waals surface area contributed by atoms with Gasteiger partial charge in [-0.2, -0.15) is 0 Å². The van der Waals surface area contributed by atoms with E-state index in [-0.39, 0.29) is 24.3 Å². The van der Waals surface area contributed by atoms with Crippen LogP contribution in [0.15, 0.2) is 109 Å². The van der Waals surface area contributed by atoms with Crippen LogP contribution in [0.2, 0.25) is 0 Å². The molecule has 0 aliphatic heterocycles. The summed E-state index contributed by atoms with van der Waals surface area (Å²) in [6, 6.07) is 33.8. The van der Waals surface area contributed by atoms with E-state index in [1.807, 2.05) is 103 Å². The normalized spacial score (nSPS) is 11.9. The maximum absolute atomic E-state index is 13.8. The number of aromatic amines is 1. The van der Waals surface area contributed by atoms with Crippen LogP contribution in [-0.4, -0.2) is 25.1 Å². The number of para-hydroxylation sites is 1. The zero-order valence-corrected chi connectivity index (χ0v) is 21.0. The van der Waals surface area contributed by atoms with Crippen molar-refractivity contribution in [3.05, 3.63) is 132 Å². The Hall–Kier alpha value is -4.51. The highest BCUT2D eigenvalue weighted by molar-refractivity contribution is 5.86. The van der Waals surface area contributed by atoms with Crippen molar-refractivity contribution in [2.75, 3.05) is 14.2 Å². The molecule has 5 aromatic rings.